The lowest BCUT2D eigenvalue weighted by Crippen LogP contribution is -2.39. The van der Waals surface area contributed by atoms with Gasteiger partial charge in [-0.1, -0.05) is 29.8 Å². The van der Waals surface area contributed by atoms with Crippen molar-refractivity contribution < 1.29 is 5.11 Å². The molecule has 0 amide bonds. The van der Waals surface area contributed by atoms with Gasteiger partial charge in [-0.15, -0.1) is 0 Å². The number of hydrogen-bond donors (Lipinski definition) is 4. The number of aromatic hydroxyl groups is 1. The quantitative estimate of drug-likeness (QED) is 0.500. The molecule has 30 heavy (non-hydrogen) atoms. The van der Waals surface area contributed by atoms with Crippen molar-refractivity contribution in [2.24, 2.45) is 0 Å². The van der Waals surface area contributed by atoms with Crippen LogP contribution in [-0.4, -0.2) is 26.2 Å². The van der Waals surface area contributed by atoms with E-state index in [2.05, 4.69) is 27.4 Å². The number of hydrogen-bond acceptors (Lipinski definition) is 4. The standard InChI is InChI=1S/C23H26N4O3/c28-21-18(20-19-16(10-12-24-20)15-8-4-5-9-17(15)25-19)22(29)27(23(30)26-21)13-11-14-6-2-1-3-7-14/h4-6,8-9,20,24-25,29H,1-3,7,10-13H2,(H,26,28,30)/t20-/m1/s1. The maximum Gasteiger partial charge on any atom is 0.331 e. The fourth-order valence-corrected chi connectivity index (χ4v) is 4.86. The largest absolute Gasteiger partial charge is 0.494 e. The molecule has 1 aliphatic carbocycles. The van der Waals surface area contributed by atoms with E-state index in [9.17, 15) is 14.7 Å². The van der Waals surface area contributed by atoms with Gasteiger partial charge in [-0.3, -0.25) is 14.3 Å². The fourth-order valence-electron chi connectivity index (χ4n) is 4.86. The van der Waals surface area contributed by atoms with E-state index in [0.717, 1.165) is 41.4 Å². The molecule has 0 fully saturated rings. The van der Waals surface area contributed by atoms with Gasteiger partial charge in [0, 0.05) is 29.7 Å². The van der Waals surface area contributed by atoms with E-state index >= 15 is 0 Å². The highest BCUT2D eigenvalue weighted by atomic mass is 16.3. The highest BCUT2D eigenvalue weighted by Crippen LogP contribution is 2.34. The number of H-pyrrole nitrogens is 2. The lowest BCUT2D eigenvalue weighted by atomic mass is 9.95. The van der Waals surface area contributed by atoms with Crippen molar-refractivity contribution in [1.29, 1.82) is 0 Å². The maximum absolute atomic E-state index is 12.7. The van der Waals surface area contributed by atoms with Gasteiger partial charge < -0.3 is 15.4 Å². The smallest absolute Gasteiger partial charge is 0.331 e. The Bertz CT molecular complexity index is 1250. The number of allylic oxidation sites excluding steroid dienone is 2. The van der Waals surface area contributed by atoms with E-state index in [-0.39, 0.29) is 11.4 Å². The zero-order valence-electron chi connectivity index (χ0n) is 16.8. The summed E-state index contributed by atoms with van der Waals surface area (Å²) in [5.41, 5.74) is 3.43. The van der Waals surface area contributed by atoms with Gasteiger partial charge in [0.15, 0.2) is 0 Å². The summed E-state index contributed by atoms with van der Waals surface area (Å²) in [4.78, 5) is 31.0. The first-order valence-corrected chi connectivity index (χ1v) is 10.7. The first-order chi connectivity index (χ1) is 14.6. The van der Waals surface area contributed by atoms with Crippen LogP contribution >= 0.6 is 0 Å². The van der Waals surface area contributed by atoms with Crippen LogP contribution in [0.5, 0.6) is 5.88 Å². The lowest BCUT2D eigenvalue weighted by Gasteiger charge is -2.25. The minimum atomic E-state index is -0.565. The summed E-state index contributed by atoms with van der Waals surface area (Å²) in [6, 6.07) is 7.55. The van der Waals surface area contributed by atoms with Crippen molar-refractivity contribution in [2.45, 2.75) is 51.1 Å². The van der Waals surface area contributed by atoms with Gasteiger partial charge in [0.1, 0.15) is 5.56 Å². The summed E-state index contributed by atoms with van der Waals surface area (Å²) in [7, 11) is 0. The molecule has 2 aromatic heterocycles. The number of aromatic nitrogens is 3. The predicted octanol–water partition coefficient (Wildman–Crippen LogP) is 2.85. The third-order valence-electron chi connectivity index (χ3n) is 6.40. The van der Waals surface area contributed by atoms with E-state index in [4.69, 9.17) is 0 Å². The normalized spacial score (nSPS) is 18.9. The number of benzene rings is 1. The van der Waals surface area contributed by atoms with Crippen LogP contribution in [0, 0.1) is 0 Å². The summed E-state index contributed by atoms with van der Waals surface area (Å²) in [6.45, 7) is 1.04. The van der Waals surface area contributed by atoms with Gasteiger partial charge in [-0.05, 0) is 50.2 Å². The number of para-hydroxylation sites is 1. The van der Waals surface area contributed by atoms with Crippen molar-refractivity contribution in [3.05, 3.63) is 73.6 Å². The summed E-state index contributed by atoms with van der Waals surface area (Å²) in [5, 5.41) is 15.5. The number of fused-ring (bicyclic) bond motifs is 3. The number of nitrogens with one attached hydrogen (secondary N) is 3. The molecule has 0 radical (unpaired) electrons. The number of aromatic amines is 2. The van der Waals surface area contributed by atoms with Gasteiger partial charge in [0.25, 0.3) is 5.56 Å². The molecule has 0 saturated heterocycles. The minimum absolute atomic E-state index is 0.194. The van der Waals surface area contributed by atoms with Crippen molar-refractivity contribution in [3.8, 4) is 5.88 Å². The Morgan fingerprint density at radius 3 is 2.80 bits per heavy atom. The van der Waals surface area contributed by atoms with E-state index in [0.29, 0.717) is 19.5 Å². The third kappa shape index (κ3) is 3.19. The molecule has 3 heterocycles. The first kappa shape index (κ1) is 18.9. The molecule has 4 N–H and O–H groups in total. The molecule has 5 rings (SSSR count). The summed E-state index contributed by atoms with van der Waals surface area (Å²) >= 11 is 0. The van der Waals surface area contributed by atoms with E-state index in [1.807, 2.05) is 18.2 Å². The second-order valence-corrected chi connectivity index (χ2v) is 8.21. The molecule has 1 aliphatic heterocycles. The van der Waals surface area contributed by atoms with Crippen molar-refractivity contribution >= 4 is 10.9 Å². The lowest BCUT2D eigenvalue weighted by molar-refractivity contribution is 0.381. The molecule has 0 bridgehead atoms. The minimum Gasteiger partial charge on any atom is -0.494 e. The molecule has 3 aromatic rings. The van der Waals surface area contributed by atoms with Gasteiger partial charge >= 0.3 is 5.69 Å². The van der Waals surface area contributed by atoms with E-state index in [1.54, 1.807) is 0 Å². The highest BCUT2D eigenvalue weighted by molar-refractivity contribution is 5.85. The molecular weight excluding hydrogens is 380 g/mol. The monoisotopic (exact) mass is 406 g/mol. The van der Waals surface area contributed by atoms with Crippen LogP contribution in [-0.2, 0) is 13.0 Å². The Morgan fingerprint density at radius 2 is 1.97 bits per heavy atom. The number of rotatable bonds is 4. The van der Waals surface area contributed by atoms with Gasteiger partial charge in [0.2, 0.25) is 5.88 Å². The van der Waals surface area contributed by atoms with Gasteiger partial charge in [0.05, 0.1) is 6.04 Å². The summed E-state index contributed by atoms with van der Waals surface area (Å²) in [6.07, 6.45) is 8.25. The Kier molecular flexibility index (Phi) is 4.83. The van der Waals surface area contributed by atoms with Crippen LogP contribution in [0.15, 0.2) is 45.5 Å². The number of nitrogens with zero attached hydrogens (tertiary/aromatic N) is 1. The molecule has 0 unspecified atom stereocenters. The van der Waals surface area contributed by atoms with E-state index < -0.39 is 17.3 Å². The zero-order chi connectivity index (χ0) is 20.7. The van der Waals surface area contributed by atoms with Crippen LogP contribution in [0.4, 0.5) is 0 Å². The summed E-state index contributed by atoms with van der Waals surface area (Å²) in [5.74, 6) is -0.246. The molecule has 2 aliphatic rings. The molecule has 0 saturated carbocycles. The highest BCUT2D eigenvalue weighted by Gasteiger charge is 2.30. The first-order valence-electron chi connectivity index (χ1n) is 10.7. The topological polar surface area (TPSA) is 103 Å². The molecule has 1 aromatic carbocycles. The molecule has 1 atom stereocenters. The predicted molar refractivity (Wildman–Crippen MR) is 116 cm³/mol. The van der Waals surface area contributed by atoms with Crippen LogP contribution in [0.2, 0.25) is 0 Å². The Morgan fingerprint density at radius 1 is 1.10 bits per heavy atom. The van der Waals surface area contributed by atoms with E-state index in [1.165, 1.54) is 23.0 Å². The van der Waals surface area contributed by atoms with Crippen molar-refractivity contribution in [1.82, 2.24) is 19.9 Å². The Labute approximate surface area is 173 Å². The average Bonchev–Trinajstić information content (AvgIpc) is 3.14. The fraction of sp³-hybridized carbons (Fsp3) is 0.391. The molecular formula is C23H26N4O3. The van der Waals surface area contributed by atoms with Gasteiger partial charge in [-0.25, -0.2) is 4.79 Å². The summed E-state index contributed by atoms with van der Waals surface area (Å²) < 4.78 is 1.30. The van der Waals surface area contributed by atoms with Crippen molar-refractivity contribution in [2.75, 3.05) is 6.54 Å². The van der Waals surface area contributed by atoms with Crippen LogP contribution < -0.4 is 16.6 Å². The second-order valence-electron chi connectivity index (χ2n) is 8.21. The molecule has 7 nitrogen and oxygen atoms in total. The molecule has 0 spiro atoms. The van der Waals surface area contributed by atoms with Gasteiger partial charge in [-0.2, -0.15) is 0 Å². The van der Waals surface area contributed by atoms with Crippen molar-refractivity contribution in [3.63, 3.8) is 0 Å². The molecule has 156 valence electrons. The van der Waals surface area contributed by atoms with Crippen LogP contribution in [0.3, 0.4) is 0 Å². The average molecular weight is 406 g/mol. The SMILES string of the molecule is O=c1[nH]c(=O)n(CCC2=CCCCC2)c(O)c1[C@H]1NCCc2c1[nH]c1ccccc21. The zero-order valence-corrected chi connectivity index (χ0v) is 16.8. The third-order valence-corrected chi connectivity index (χ3v) is 6.40. The maximum atomic E-state index is 12.7. The Hall–Kier alpha value is -3.06. The second kappa shape index (κ2) is 7.65. The Balaban J connectivity index is 1.56. The van der Waals surface area contributed by atoms with Crippen LogP contribution in [0.25, 0.3) is 10.9 Å². The molecule has 7 heteroatoms. The van der Waals surface area contributed by atoms with Crippen LogP contribution in [0.1, 0.15) is 55.0 Å².